The van der Waals surface area contributed by atoms with Crippen molar-refractivity contribution in [2.24, 2.45) is 17.8 Å². The minimum absolute atomic E-state index is 0.204. The fourth-order valence-corrected chi connectivity index (χ4v) is 4.18. The van der Waals surface area contributed by atoms with Gasteiger partial charge in [0.05, 0.1) is 0 Å². The fourth-order valence-electron chi connectivity index (χ4n) is 4.18. The van der Waals surface area contributed by atoms with Crippen molar-refractivity contribution in [2.75, 3.05) is 5.32 Å². The van der Waals surface area contributed by atoms with Crippen LogP contribution in [0.2, 0.25) is 0 Å². The molecule has 3 atom stereocenters. The van der Waals surface area contributed by atoms with Crippen LogP contribution in [0.4, 0.5) is 5.69 Å². The second kappa shape index (κ2) is 5.59. The van der Waals surface area contributed by atoms with Gasteiger partial charge in [-0.3, -0.25) is 4.79 Å². The highest BCUT2D eigenvalue weighted by molar-refractivity contribution is 5.91. The third-order valence-corrected chi connectivity index (χ3v) is 5.19. The van der Waals surface area contributed by atoms with E-state index in [0.29, 0.717) is 18.3 Å². The smallest absolute Gasteiger partial charge is 0.224 e. The minimum Gasteiger partial charge on any atom is -0.326 e. The van der Waals surface area contributed by atoms with Gasteiger partial charge in [-0.25, -0.2) is 0 Å². The van der Waals surface area contributed by atoms with E-state index in [1.807, 2.05) is 18.2 Å². The normalized spacial score (nSPS) is 28.1. The van der Waals surface area contributed by atoms with Crippen LogP contribution >= 0.6 is 0 Å². The Morgan fingerprint density at radius 3 is 2.70 bits per heavy atom. The average Bonchev–Trinajstić information content (AvgIpc) is 3.01. The number of rotatable bonds is 4. The molecule has 0 heterocycles. The number of fused-ring (bicyclic) bond motifs is 2. The molecule has 0 radical (unpaired) electrons. The Bertz CT molecular complexity index is 494. The van der Waals surface area contributed by atoms with Crippen molar-refractivity contribution in [3.8, 4) is 0 Å². The number of benzene rings is 1. The number of anilines is 1. The molecule has 1 aromatic rings. The highest BCUT2D eigenvalue weighted by atomic mass is 16.1. The summed E-state index contributed by atoms with van der Waals surface area (Å²) in [4.78, 5) is 12.3. The van der Waals surface area contributed by atoms with Crippen LogP contribution < -0.4 is 5.32 Å². The summed E-state index contributed by atoms with van der Waals surface area (Å²) < 4.78 is 0. The van der Waals surface area contributed by atoms with E-state index < -0.39 is 0 Å². The van der Waals surface area contributed by atoms with E-state index in [9.17, 15) is 4.79 Å². The molecule has 2 heteroatoms. The molecule has 2 saturated carbocycles. The molecule has 1 amide bonds. The molecule has 0 saturated heterocycles. The average molecular weight is 271 g/mol. The summed E-state index contributed by atoms with van der Waals surface area (Å²) in [5, 5.41) is 3.14. The van der Waals surface area contributed by atoms with Gasteiger partial charge in [0.1, 0.15) is 0 Å². The second-order valence-corrected chi connectivity index (χ2v) is 6.93. The van der Waals surface area contributed by atoms with E-state index in [1.165, 1.54) is 31.2 Å². The Hall–Kier alpha value is -1.31. The first-order valence-electron chi connectivity index (χ1n) is 8.02. The van der Waals surface area contributed by atoms with E-state index in [0.717, 1.165) is 17.5 Å². The second-order valence-electron chi connectivity index (χ2n) is 6.93. The Kier molecular flexibility index (Phi) is 3.82. The van der Waals surface area contributed by atoms with E-state index in [4.69, 9.17) is 0 Å². The zero-order valence-electron chi connectivity index (χ0n) is 12.6. The van der Waals surface area contributed by atoms with Crippen molar-refractivity contribution in [2.45, 2.75) is 51.9 Å². The summed E-state index contributed by atoms with van der Waals surface area (Å²) in [6.45, 7) is 4.34. The van der Waals surface area contributed by atoms with Gasteiger partial charge in [0, 0.05) is 12.1 Å². The molecule has 0 aliphatic heterocycles. The van der Waals surface area contributed by atoms with Crippen LogP contribution in [0.5, 0.6) is 0 Å². The third kappa shape index (κ3) is 2.74. The summed E-state index contributed by atoms with van der Waals surface area (Å²) in [6, 6.07) is 8.17. The molecule has 0 unspecified atom stereocenters. The van der Waals surface area contributed by atoms with Gasteiger partial charge in [-0.15, -0.1) is 0 Å². The number of nitrogens with one attached hydrogen (secondary N) is 1. The van der Waals surface area contributed by atoms with Crippen molar-refractivity contribution >= 4 is 11.6 Å². The molecular weight excluding hydrogens is 246 g/mol. The lowest BCUT2D eigenvalue weighted by atomic mass is 9.86. The molecule has 0 spiro atoms. The van der Waals surface area contributed by atoms with Crippen molar-refractivity contribution in [3.05, 3.63) is 29.8 Å². The van der Waals surface area contributed by atoms with Crippen LogP contribution in [0.25, 0.3) is 0 Å². The van der Waals surface area contributed by atoms with Gasteiger partial charge >= 0.3 is 0 Å². The highest BCUT2D eigenvalue weighted by Gasteiger charge is 2.40. The predicted molar refractivity (Wildman–Crippen MR) is 82.7 cm³/mol. The Labute approximate surface area is 122 Å². The number of carbonyl (C=O) groups excluding carboxylic acids is 1. The lowest BCUT2D eigenvalue weighted by molar-refractivity contribution is -0.117. The van der Waals surface area contributed by atoms with Crippen LogP contribution in [-0.4, -0.2) is 5.91 Å². The molecular formula is C18H25NO. The molecule has 108 valence electrons. The summed E-state index contributed by atoms with van der Waals surface area (Å²) in [7, 11) is 0. The number of hydrogen-bond acceptors (Lipinski definition) is 1. The summed E-state index contributed by atoms with van der Waals surface area (Å²) in [5.41, 5.74) is 2.23. The number of carbonyl (C=O) groups is 1. The fraction of sp³-hybridized carbons (Fsp3) is 0.611. The van der Waals surface area contributed by atoms with Crippen LogP contribution in [0.15, 0.2) is 24.3 Å². The zero-order valence-corrected chi connectivity index (χ0v) is 12.6. The maximum Gasteiger partial charge on any atom is 0.224 e. The summed E-state index contributed by atoms with van der Waals surface area (Å²) in [5.74, 6) is 3.02. The standard InChI is InChI=1S/C18H25NO/c1-12(2)16-5-3-4-6-17(16)19-18(20)11-15-10-13-7-8-14(15)9-13/h3-6,12-15H,7-11H2,1-2H3,(H,19,20)/t13-,14-,15-/m0/s1. The molecule has 2 bridgehead atoms. The van der Waals surface area contributed by atoms with Crippen LogP contribution in [0.1, 0.15) is 57.4 Å². The molecule has 2 nitrogen and oxygen atoms in total. The quantitative estimate of drug-likeness (QED) is 0.853. The van der Waals surface area contributed by atoms with Crippen molar-refractivity contribution < 1.29 is 4.79 Å². The molecule has 2 aliphatic carbocycles. The lowest BCUT2D eigenvalue weighted by Gasteiger charge is -2.21. The van der Waals surface area contributed by atoms with Gasteiger partial charge in [0.25, 0.3) is 0 Å². The van der Waals surface area contributed by atoms with Gasteiger partial charge < -0.3 is 5.32 Å². The molecule has 1 N–H and O–H groups in total. The number of para-hydroxylation sites is 1. The largest absolute Gasteiger partial charge is 0.326 e. The van der Waals surface area contributed by atoms with Gasteiger partial charge in [0.2, 0.25) is 5.91 Å². The number of amides is 1. The van der Waals surface area contributed by atoms with E-state index in [1.54, 1.807) is 0 Å². The Balaban J connectivity index is 1.62. The monoisotopic (exact) mass is 271 g/mol. The topological polar surface area (TPSA) is 29.1 Å². The summed E-state index contributed by atoms with van der Waals surface area (Å²) in [6.07, 6.45) is 6.13. The van der Waals surface area contributed by atoms with Crippen LogP contribution in [0.3, 0.4) is 0 Å². The first-order valence-corrected chi connectivity index (χ1v) is 8.02. The number of hydrogen-bond donors (Lipinski definition) is 1. The molecule has 0 aromatic heterocycles. The first-order chi connectivity index (χ1) is 9.63. The molecule has 3 rings (SSSR count). The van der Waals surface area contributed by atoms with Gasteiger partial charge in [0.15, 0.2) is 0 Å². The molecule has 2 aliphatic rings. The summed E-state index contributed by atoms with van der Waals surface area (Å²) >= 11 is 0. The molecule has 20 heavy (non-hydrogen) atoms. The lowest BCUT2D eigenvalue weighted by Crippen LogP contribution is -2.20. The van der Waals surface area contributed by atoms with Gasteiger partial charge in [-0.05, 0) is 54.6 Å². The van der Waals surface area contributed by atoms with E-state index >= 15 is 0 Å². The van der Waals surface area contributed by atoms with E-state index in [2.05, 4.69) is 25.2 Å². The van der Waals surface area contributed by atoms with Crippen molar-refractivity contribution in [1.29, 1.82) is 0 Å². The predicted octanol–water partition coefficient (Wildman–Crippen LogP) is 4.57. The van der Waals surface area contributed by atoms with Crippen molar-refractivity contribution in [1.82, 2.24) is 0 Å². The van der Waals surface area contributed by atoms with E-state index in [-0.39, 0.29) is 5.91 Å². The molecule has 1 aromatic carbocycles. The third-order valence-electron chi connectivity index (χ3n) is 5.19. The van der Waals surface area contributed by atoms with Gasteiger partial charge in [-0.2, -0.15) is 0 Å². The first kappa shape index (κ1) is 13.7. The SMILES string of the molecule is CC(C)c1ccccc1NC(=O)C[C@@H]1C[C@H]2CC[C@H]1C2. The van der Waals surface area contributed by atoms with Gasteiger partial charge in [-0.1, -0.05) is 38.5 Å². The maximum atomic E-state index is 12.3. The highest BCUT2D eigenvalue weighted by Crippen LogP contribution is 2.49. The Morgan fingerprint density at radius 1 is 1.25 bits per heavy atom. The zero-order chi connectivity index (χ0) is 14.1. The van der Waals surface area contributed by atoms with Crippen LogP contribution in [-0.2, 0) is 4.79 Å². The van der Waals surface area contributed by atoms with Crippen molar-refractivity contribution in [3.63, 3.8) is 0 Å². The molecule has 2 fully saturated rings. The minimum atomic E-state index is 0.204. The maximum absolute atomic E-state index is 12.3. The van der Waals surface area contributed by atoms with Crippen LogP contribution in [0, 0.1) is 17.8 Å². The Morgan fingerprint density at radius 2 is 2.05 bits per heavy atom.